The number of hydrogen-bond acceptors (Lipinski definition) is 0. The molecule has 0 saturated heterocycles. The first-order valence-electron chi connectivity index (χ1n) is 18.8. The smallest absolute Gasteiger partial charge is 0.668 e. The monoisotopic (exact) mass is 759 g/mol. The van der Waals surface area contributed by atoms with Gasteiger partial charge in [0.2, 0.25) is 12.7 Å². The minimum atomic E-state index is -1.11. The molecule has 0 N–H and O–H groups in total. The standard InChI is InChI=1S/C31H40N4.C7H8.C6H18NSi2.K/c1-22(2)26-11-9-12-27(23(3)4)30(26)34-17-15-32(20-34)19-33-16-18-35(21-33)31-28(24(5)6)13-10-14-29(31)25(7)8;1-7-5-3-2-4-6-7;1-8(2,3)7-9(4,5)6;/h9-18,22-25H,19H2,1-8H3;2-6H,1H3;1-6H3;/q;;-1;+1. The third-order valence-electron chi connectivity index (χ3n) is 8.35. The summed E-state index contributed by atoms with van der Waals surface area (Å²) in [6.07, 6.45) is 15.6. The molecule has 2 aromatic heterocycles. The maximum Gasteiger partial charge on any atom is 1.00 e. The summed E-state index contributed by atoms with van der Waals surface area (Å²) in [4.78, 5) is 0. The predicted molar refractivity (Wildman–Crippen MR) is 223 cm³/mol. The normalized spacial score (nSPS) is 11.7. The Morgan fingerprint density at radius 1 is 0.596 bits per heavy atom. The van der Waals surface area contributed by atoms with Crippen LogP contribution in [0.15, 0.2) is 91.5 Å². The summed E-state index contributed by atoms with van der Waals surface area (Å²) in [5.41, 5.74) is 9.26. The molecule has 5 aromatic rings. The van der Waals surface area contributed by atoms with E-state index in [1.807, 2.05) is 18.2 Å². The first kappa shape index (κ1) is 46.3. The van der Waals surface area contributed by atoms with E-state index in [1.165, 1.54) is 39.2 Å². The van der Waals surface area contributed by atoms with Gasteiger partial charge < -0.3 is 13.8 Å². The zero-order chi connectivity index (χ0) is 38.1. The van der Waals surface area contributed by atoms with Crippen LogP contribution in [0, 0.1) is 19.6 Å². The first-order valence-corrected chi connectivity index (χ1v) is 25.7. The summed E-state index contributed by atoms with van der Waals surface area (Å²) in [7, 11) is -2.21. The molecule has 0 amide bonds. The van der Waals surface area contributed by atoms with Crippen LogP contribution < -0.4 is 60.5 Å². The number of imidazole rings is 2. The summed E-state index contributed by atoms with van der Waals surface area (Å²) in [6.45, 7) is 34.6. The molecule has 0 aliphatic carbocycles. The van der Waals surface area contributed by atoms with E-state index in [-0.39, 0.29) is 51.4 Å². The Balaban J connectivity index is 0.000000455. The molecule has 0 aliphatic heterocycles. The number of aryl methyl sites for hydroxylation is 1. The minimum Gasteiger partial charge on any atom is -0.668 e. The molecule has 3 aromatic carbocycles. The summed E-state index contributed by atoms with van der Waals surface area (Å²) in [5, 5.41) is 0. The Kier molecular flexibility index (Phi) is 18.4. The average molecular weight is 760 g/mol. The van der Waals surface area contributed by atoms with Crippen molar-refractivity contribution in [2.75, 3.05) is 0 Å². The van der Waals surface area contributed by atoms with E-state index in [4.69, 9.17) is 4.65 Å². The third-order valence-corrected chi connectivity index (χ3v) is 13.7. The predicted octanol–water partition coefficient (Wildman–Crippen LogP) is 8.47. The topological polar surface area (TPSA) is 31.7 Å². The van der Waals surface area contributed by atoms with Crippen LogP contribution in [0.2, 0.25) is 39.3 Å². The van der Waals surface area contributed by atoms with Gasteiger partial charge in [0.05, 0.1) is 11.4 Å². The Labute approximate surface area is 362 Å². The maximum absolute atomic E-state index is 4.82. The van der Waals surface area contributed by atoms with Crippen LogP contribution in [0.3, 0.4) is 0 Å². The second-order valence-electron chi connectivity index (χ2n) is 16.9. The van der Waals surface area contributed by atoms with Crippen molar-refractivity contribution in [1.29, 1.82) is 0 Å². The van der Waals surface area contributed by atoms with Crippen LogP contribution in [-0.2, 0) is 6.67 Å². The van der Waals surface area contributed by atoms with Gasteiger partial charge in [0.25, 0.3) is 0 Å². The van der Waals surface area contributed by atoms with Crippen molar-refractivity contribution in [3.05, 3.63) is 137 Å². The van der Waals surface area contributed by atoms with Crippen molar-refractivity contribution in [3.63, 3.8) is 0 Å². The van der Waals surface area contributed by atoms with Gasteiger partial charge in [0.1, 0.15) is 0 Å². The van der Waals surface area contributed by atoms with E-state index in [0.29, 0.717) is 30.3 Å². The molecule has 276 valence electrons. The van der Waals surface area contributed by atoms with Gasteiger partial charge in [-0.1, -0.05) is 183 Å². The van der Waals surface area contributed by atoms with Crippen LogP contribution in [0.5, 0.6) is 0 Å². The second-order valence-corrected chi connectivity index (χ2v) is 26.5. The van der Waals surface area contributed by atoms with Crippen molar-refractivity contribution in [1.82, 2.24) is 9.13 Å². The summed E-state index contributed by atoms with van der Waals surface area (Å²) in [6, 6.07) is 23.6. The Morgan fingerprint density at radius 3 is 1.44 bits per heavy atom. The molecular formula is C44H66KN5Si2. The Bertz CT molecular complexity index is 1630. The molecule has 2 heterocycles. The van der Waals surface area contributed by atoms with Crippen LogP contribution in [-0.4, -0.2) is 25.6 Å². The molecule has 0 spiro atoms. The molecular weight excluding hydrogens is 694 g/mol. The number of hydrogen-bond donors (Lipinski definition) is 0. The molecule has 0 aliphatic rings. The van der Waals surface area contributed by atoms with Crippen LogP contribution in [0.4, 0.5) is 0 Å². The fourth-order valence-electron chi connectivity index (χ4n) is 6.40. The second kappa shape index (κ2) is 20.7. The van der Waals surface area contributed by atoms with Gasteiger partial charge in [0.15, 0.2) is 6.67 Å². The van der Waals surface area contributed by atoms with E-state index >= 15 is 0 Å². The zero-order valence-electron chi connectivity index (χ0n) is 35.4. The molecule has 52 heavy (non-hydrogen) atoms. The van der Waals surface area contributed by atoms with Crippen molar-refractivity contribution < 1.29 is 60.5 Å². The fourth-order valence-corrected chi connectivity index (χ4v) is 14.4. The minimum absolute atomic E-state index is 0. The molecule has 0 fully saturated rings. The van der Waals surface area contributed by atoms with Crippen LogP contribution in [0.25, 0.3) is 16.0 Å². The van der Waals surface area contributed by atoms with E-state index in [2.05, 4.69) is 206 Å². The number of benzene rings is 3. The van der Waals surface area contributed by atoms with Crippen LogP contribution in [0.1, 0.15) is 107 Å². The largest absolute Gasteiger partial charge is 1.00 e. The Morgan fingerprint density at radius 2 is 1.06 bits per heavy atom. The van der Waals surface area contributed by atoms with E-state index in [1.54, 1.807) is 0 Å². The summed E-state index contributed by atoms with van der Waals surface area (Å²) < 4.78 is 13.3. The van der Waals surface area contributed by atoms with Crippen molar-refractivity contribution in [2.45, 2.75) is 132 Å². The van der Waals surface area contributed by atoms with Gasteiger partial charge >= 0.3 is 51.4 Å². The number of rotatable bonds is 10. The zero-order valence-corrected chi connectivity index (χ0v) is 40.5. The molecule has 0 saturated carbocycles. The summed E-state index contributed by atoms with van der Waals surface area (Å²) >= 11 is 0. The van der Waals surface area contributed by atoms with Gasteiger partial charge in [-0.25, -0.2) is 0 Å². The molecule has 5 rings (SSSR count). The molecule has 0 unspecified atom stereocenters. The van der Waals surface area contributed by atoms with E-state index in [9.17, 15) is 0 Å². The molecule has 0 bridgehead atoms. The van der Waals surface area contributed by atoms with Gasteiger partial charge in [-0.2, -0.15) is 0 Å². The number of aromatic nitrogens is 4. The molecule has 8 heteroatoms. The van der Waals surface area contributed by atoms with E-state index in [0.717, 1.165) is 0 Å². The molecule has 0 radical (unpaired) electrons. The Hall–Kier alpha value is -1.89. The van der Waals surface area contributed by atoms with E-state index < -0.39 is 16.5 Å². The number of nitrogens with zero attached hydrogens (tertiary/aromatic N) is 5. The number of para-hydroxylation sites is 2. The first-order chi connectivity index (χ1) is 23.8. The summed E-state index contributed by atoms with van der Waals surface area (Å²) in [5.74, 6) is 1.78. The third kappa shape index (κ3) is 14.4. The maximum atomic E-state index is 4.82. The van der Waals surface area contributed by atoms with Gasteiger partial charge in [-0.3, -0.25) is 9.13 Å². The molecule has 5 nitrogen and oxygen atoms in total. The van der Waals surface area contributed by atoms with Crippen molar-refractivity contribution >= 4 is 16.5 Å². The van der Waals surface area contributed by atoms with Crippen molar-refractivity contribution in [3.8, 4) is 11.4 Å². The van der Waals surface area contributed by atoms with Crippen molar-refractivity contribution in [2.24, 2.45) is 0 Å². The fraction of sp³-hybridized carbons (Fsp3) is 0.455. The van der Waals surface area contributed by atoms with Crippen LogP contribution >= 0.6 is 0 Å². The SMILES string of the molecule is CC(C)c1cccc(C(C)C)c1-n1[c-][n+](Cn2[c-][n+](-c3c(C(C)C)cccc3C(C)C)cc2)cc1.C[Si](C)(C)[N-][Si](C)(C)C.Cc1ccccc1.[K+]. The molecule has 0 atom stereocenters. The van der Waals surface area contributed by atoms with Gasteiger partial charge in [-0.05, 0) is 52.8 Å². The van der Waals surface area contributed by atoms with Gasteiger partial charge in [0, 0.05) is 24.8 Å². The van der Waals surface area contributed by atoms with Gasteiger partial charge in [-0.15, -0.1) is 0 Å². The quantitative estimate of drug-likeness (QED) is 0.0778. The average Bonchev–Trinajstić information content (AvgIpc) is 3.69.